The average Bonchev–Trinajstić information content (AvgIpc) is 2.08. The van der Waals surface area contributed by atoms with Crippen LogP contribution in [-0.2, 0) is 19.1 Å². The maximum Gasteiger partial charge on any atom is 0.322 e. The van der Waals surface area contributed by atoms with Crippen molar-refractivity contribution in [2.45, 2.75) is 25.1 Å². The number of hydrogen-bond acceptors (Lipinski definition) is 4. The quantitative estimate of drug-likeness (QED) is 0.437. The van der Waals surface area contributed by atoms with Gasteiger partial charge in [-0.25, -0.2) is 0 Å². The fraction of sp³-hybridized carbons (Fsp3) is 0.600. The van der Waals surface area contributed by atoms with Crippen LogP contribution in [0.1, 0.15) is 20.8 Å². The van der Waals surface area contributed by atoms with Gasteiger partial charge in [-0.05, 0) is 26.0 Å². The first-order valence-electron chi connectivity index (χ1n) is 4.48. The molecular weight excluding hydrogens is 264 g/mol. The van der Waals surface area contributed by atoms with Gasteiger partial charge in [0.15, 0.2) is 0 Å². The summed E-state index contributed by atoms with van der Waals surface area (Å²) in [5.74, 6) is -0.669. The molecule has 0 atom stereocenters. The highest BCUT2D eigenvalue weighted by Crippen LogP contribution is 2.17. The van der Waals surface area contributed by atoms with Gasteiger partial charge in [0.05, 0.1) is 0 Å². The van der Waals surface area contributed by atoms with Crippen molar-refractivity contribution in [1.29, 1.82) is 0 Å². The molecular formula is C10H15BrO4. The molecule has 86 valence electrons. The van der Waals surface area contributed by atoms with Crippen molar-refractivity contribution < 1.29 is 19.1 Å². The van der Waals surface area contributed by atoms with Gasteiger partial charge in [0, 0.05) is 6.92 Å². The van der Waals surface area contributed by atoms with E-state index in [1.165, 1.54) is 6.92 Å². The van der Waals surface area contributed by atoms with Gasteiger partial charge in [0.25, 0.3) is 0 Å². The minimum atomic E-state index is -0.670. The van der Waals surface area contributed by atoms with E-state index in [4.69, 9.17) is 4.74 Å². The Kier molecular flexibility index (Phi) is 6.24. The number of ether oxygens (including phenoxy) is 2. The second-order valence-corrected chi connectivity index (χ2v) is 5.33. The van der Waals surface area contributed by atoms with E-state index in [-0.39, 0.29) is 25.2 Å². The molecule has 0 aliphatic rings. The van der Waals surface area contributed by atoms with Crippen LogP contribution < -0.4 is 0 Å². The highest BCUT2D eigenvalue weighted by molar-refractivity contribution is 9.10. The molecule has 0 saturated heterocycles. The first-order chi connectivity index (χ1) is 6.84. The fourth-order valence-corrected chi connectivity index (χ4v) is 0.711. The van der Waals surface area contributed by atoms with E-state index in [9.17, 15) is 9.59 Å². The third kappa shape index (κ3) is 8.17. The predicted molar refractivity (Wildman–Crippen MR) is 59.7 cm³/mol. The van der Waals surface area contributed by atoms with Gasteiger partial charge >= 0.3 is 11.9 Å². The Bertz CT molecular complexity index is 253. The monoisotopic (exact) mass is 278 g/mol. The first-order valence-corrected chi connectivity index (χ1v) is 5.28. The maximum absolute atomic E-state index is 11.2. The van der Waals surface area contributed by atoms with E-state index in [2.05, 4.69) is 20.7 Å². The second kappa shape index (κ2) is 6.61. The first kappa shape index (κ1) is 14.2. The molecule has 0 aromatic heterocycles. The van der Waals surface area contributed by atoms with Crippen molar-refractivity contribution in [1.82, 2.24) is 0 Å². The van der Waals surface area contributed by atoms with Crippen LogP contribution in [0, 0.1) is 0 Å². The summed E-state index contributed by atoms with van der Waals surface area (Å²) in [6, 6.07) is 0. The Morgan fingerprint density at radius 2 is 1.67 bits per heavy atom. The number of halogens is 1. The standard InChI is InChI=1S/C10H15BrO4/c1-8(12)14-6-4-5-7-15-9(13)10(2,3)11/h4-5H,6-7H2,1-3H3/b5-4-. The van der Waals surface area contributed by atoms with Crippen molar-refractivity contribution in [3.05, 3.63) is 12.2 Å². The molecule has 0 rings (SSSR count). The third-order valence-corrected chi connectivity index (χ3v) is 1.67. The topological polar surface area (TPSA) is 52.6 Å². The molecule has 0 radical (unpaired) electrons. The molecule has 0 aliphatic carbocycles. The lowest BCUT2D eigenvalue weighted by Crippen LogP contribution is -2.26. The molecule has 0 spiro atoms. The lowest BCUT2D eigenvalue weighted by atomic mass is 10.2. The van der Waals surface area contributed by atoms with Gasteiger partial charge in [0.2, 0.25) is 0 Å². The number of alkyl halides is 1. The lowest BCUT2D eigenvalue weighted by molar-refractivity contribution is -0.144. The predicted octanol–water partition coefficient (Wildman–Crippen LogP) is 1.82. The number of esters is 2. The lowest BCUT2D eigenvalue weighted by Gasteiger charge is -2.13. The Hall–Kier alpha value is -0.840. The largest absolute Gasteiger partial charge is 0.462 e. The normalized spacial score (nSPS) is 11.5. The summed E-state index contributed by atoms with van der Waals surface area (Å²) in [7, 11) is 0. The highest BCUT2D eigenvalue weighted by Gasteiger charge is 2.24. The number of carbonyl (C=O) groups is 2. The number of hydrogen-bond donors (Lipinski definition) is 0. The smallest absolute Gasteiger partial charge is 0.322 e. The average molecular weight is 279 g/mol. The van der Waals surface area contributed by atoms with Crippen molar-refractivity contribution in [2.24, 2.45) is 0 Å². The molecule has 0 saturated carbocycles. The summed E-state index contributed by atoms with van der Waals surface area (Å²) in [5.41, 5.74) is 0. The van der Waals surface area contributed by atoms with E-state index in [1.54, 1.807) is 26.0 Å². The van der Waals surface area contributed by atoms with Crippen molar-refractivity contribution >= 4 is 27.9 Å². The molecule has 0 fully saturated rings. The molecule has 0 N–H and O–H groups in total. The van der Waals surface area contributed by atoms with Crippen LogP contribution in [0.2, 0.25) is 0 Å². The summed E-state index contributed by atoms with van der Waals surface area (Å²) in [4.78, 5) is 21.6. The third-order valence-electron chi connectivity index (χ3n) is 1.35. The van der Waals surface area contributed by atoms with Crippen molar-refractivity contribution in [3.63, 3.8) is 0 Å². The summed E-state index contributed by atoms with van der Waals surface area (Å²) >= 11 is 3.18. The maximum atomic E-state index is 11.2. The molecule has 0 unspecified atom stereocenters. The molecule has 4 nitrogen and oxygen atoms in total. The van der Waals surface area contributed by atoms with E-state index in [0.29, 0.717) is 0 Å². The molecule has 0 bridgehead atoms. The molecule has 15 heavy (non-hydrogen) atoms. The molecule has 0 aliphatic heterocycles. The van der Waals surface area contributed by atoms with Crippen molar-refractivity contribution in [3.8, 4) is 0 Å². The summed E-state index contributed by atoms with van der Waals surface area (Å²) in [5, 5.41) is 0. The molecule has 0 heterocycles. The van der Waals surface area contributed by atoms with Crippen LogP contribution in [0.15, 0.2) is 12.2 Å². The van der Waals surface area contributed by atoms with Gasteiger partial charge in [-0.3, -0.25) is 9.59 Å². The Labute approximate surface area is 97.8 Å². The zero-order valence-electron chi connectivity index (χ0n) is 9.08. The number of carbonyl (C=O) groups excluding carboxylic acids is 2. The molecule has 0 aromatic carbocycles. The van der Waals surface area contributed by atoms with Crippen LogP contribution >= 0.6 is 15.9 Å². The fourth-order valence-electron chi connectivity index (χ4n) is 0.597. The van der Waals surface area contributed by atoms with E-state index in [0.717, 1.165) is 0 Å². The minimum absolute atomic E-state index is 0.176. The summed E-state index contributed by atoms with van der Waals surface area (Å²) < 4.78 is 8.87. The van der Waals surface area contributed by atoms with Crippen LogP contribution in [0.25, 0.3) is 0 Å². The zero-order chi connectivity index (χ0) is 11.9. The minimum Gasteiger partial charge on any atom is -0.462 e. The van der Waals surface area contributed by atoms with E-state index < -0.39 is 4.32 Å². The Morgan fingerprint density at radius 1 is 1.20 bits per heavy atom. The molecule has 5 heteroatoms. The Morgan fingerprint density at radius 3 is 2.07 bits per heavy atom. The van der Waals surface area contributed by atoms with Crippen molar-refractivity contribution in [2.75, 3.05) is 13.2 Å². The summed E-state index contributed by atoms with van der Waals surface area (Å²) in [6.45, 7) is 5.12. The van der Waals surface area contributed by atoms with Gasteiger partial charge in [-0.2, -0.15) is 0 Å². The van der Waals surface area contributed by atoms with Gasteiger partial charge < -0.3 is 9.47 Å². The second-order valence-electron chi connectivity index (χ2n) is 3.34. The van der Waals surface area contributed by atoms with Crippen LogP contribution in [0.5, 0.6) is 0 Å². The SMILES string of the molecule is CC(=O)OC/C=C\COC(=O)C(C)(C)Br. The van der Waals surface area contributed by atoms with E-state index >= 15 is 0 Å². The van der Waals surface area contributed by atoms with Crippen LogP contribution in [-0.4, -0.2) is 29.5 Å². The van der Waals surface area contributed by atoms with Crippen LogP contribution in [0.4, 0.5) is 0 Å². The number of rotatable bonds is 5. The highest BCUT2D eigenvalue weighted by atomic mass is 79.9. The van der Waals surface area contributed by atoms with Gasteiger partial charge in [-0.1, -0.05) is 15.9 Å². The summed E-state index contributed by atoms with van der Waals surface area (Å²) in [6.07, 6.45) is 3.25. The molecule has 0 amide bonds. The van der Waals surface area contributed by atoms with Gasteiger partial charge in [-0.15, -0.1) is 0 Å². The van der Waals surface area contributed by atoms with Crippen LogP contribution in [0.3, 0.4) is 0 Å². The molecule has 0 aromatic rings. The van der Waals surface area contributed by atoms with E-state index in [1.807, 2.05) is 0 Å². The zero-order valence-corrected chi connectivity index (χ0v) is 10.7. The Balaban J connectivity index is 3.62. The van der Waals surface area contributed by atoms with Gasteiger partial charge in [0.1, 0.15) is 17.5 Å².